The minimum atomic E-state index is -1.76. The Morgan fingerprint density at radius 2 is 1.88 bits per heavy atom. The number of β-amino-alcohol motifs (C(OH)–C–C–N with tert-alkyl or cyclic N) is 1. The molecular formula is C24H31Cl2N3O4. The summed E-state index contributed by atoms with van der Waals surface area (Å²) in [4.78, 5) is 22.7. The fraction of sp³-hybridized carbons (Fsp3) is 0.542. The number of aliphatic hydroxyl groups is 2. The molecule has 0 spiro atoms. The number of nitrogens with zero attached hydrogens (tertiary/aromatic N) is 3. The van der Waals surface area contributed by atoms with E-state index in [0.717, 1.165) is 5.56 Å². The molecule has 2 aromatic heterocycles. The van der Waals surface area contributed by atoms with Crippen LogP contribution >= 0.6 is 23.2 Å². The average Bonchev–Trinajstić information content (AvgIpc) is 2.68. The predicted molar refractivity (Wildman–Crippen MR) is 129 cm³/mol. The van der Waals surface area contributed by atoms with Crippen molar-refractivity contribution in [2.75, 3.05) is 13.1 Å². The van der Waals surface area contributed by atoms with Gasteiger partial charge in [-0.15, -0.1) is 0 Å². The Morgan fingerprint density at radius 3 is 2.42 bits per heavy atom. The van der Waals surface area contributed by atoms with E-state index >= 15 is 0 Å². The number of amides is 1. The van der Waals surface area contributed by atoms with Crippen molar-refractivity contribution in [1.29, 1.82) is 0 Å². The lowest BCUT2D eigenvalue weighted by Crippen LogP contribution is -2.56. The molecule has 0 saturated carbocycles. The first kappa shape index (κ1) is 25.7. The molecule has 1 fully saturated rings. The van der Waals surface area contributed by atoms with Gasteiger partial charge < -0.3 is 19.8 Å². The van der Waals surface area contributed by atoms with Gasteiger partial charge in [0.1, 0.15) is 17.3 Å². The topological polar surface area (TPSA) is 95.8 Å². The molecule has 33 heavy (non-hydrogen) atoms. The third-order valence-electron chi connectivity index (χ3n) is 5.59. The summed E-state index contributed by atoms with van der Waals surface area (Å²) in [5.41, 5.74) is -0.794. The SMILES string of the molecule is CC(C)(C)OC(=O)N1CC[C@@](O)(c2ncc(C(C)(C)C)c(-c3ncccc3Cl)c2Cl)[C@H](O)C1. The number of ether oxygens (including phenoxy) is 1. The van der Waals surface area contributed by atoms with Crippen LogP contribution in [0.3, 0.4) is 0 Å². The minimum absolute atomic E-state index is 0.0321. The van der Waals surface area contributed by atoms with Crippen LogP contribution < -0.4 is 0 Å². The summed E-state index contributed by atoms with van der Waals surface area (Å²) in [6.07, 6.45) is 1.42. The number of aliphatic hydroxyl groups excluding tert-OH is 1. The lowest BCUT2D eigenvalue weighted by atomic mass is 9.80. The molecule has 2 aromatic rings. The maximum Gasteiger partial charge on any atom is 0.410 e. The van der Waals surface area contributed by atoms with Gasteiger partial charge in [0, 0.05) is 30.9 Å². The Kier molecular flexibility index (Phi) is 7.02. The lowest BCUT2D eigenvalue weighted by molar-refractivity contribution is -0.125. The Morgan fingerprint density at radius 1 is 1.21 bits per heavy atom. The number of hydrogen-bond acceptors (Lipinski definition) is 6. The molecule has 1 aliphatic heterocycles. The lowest BCUT2D eigenvalue weighted by Gasteiger charge is -2.42. The van der Waals surface area contributed by atoms with E-state index in [0.29, 0.717) is 16.3 Å². The zero-order valence-electron chi connectivity index (χ0n) is 19.8. The molecule has 0 aliphatic carbocycles. The number of aromatic nitrogens is 2. The van der Waals surface area contributed by atoms with Crippen LogP contribution in [0.5, 0.6) is 0 Å². The van der Waals surface area contributed by atoms with Crippen molar-refractivity contribution < 1.29 is 19.7 Å². The van der Waals surface area contributed by atoms with Crippen molar-refractivity contribution >= 4 is 29.3 Å². The standard InChI is InChI=1S/C24H31Cl2N3O4/c1-22(2,3)14-12-28-20(18(26)17(14)19-15(25)8-7-10-27-19)24(32)9-11-29(13-16(24)30)21(31)33-23(4,5)6/h7-8,10,12,16,30,32H,9,11,13H2,1-6H3/t16-,24+/m1/s1. The summed E-state index contributed by atoms with van der Waals surface area (Å²) in [6.45, 7) is 11.4. The third kappa shape index (κ3) is 5.27. The van der Waals surface area contributed by atoms with Crippen LogP contribution in [-0.2, 0) is 15.8 Å². The van der Waals surface area contributed by atoms with Crippen LogP contribution in [0.15, 0.2) is 24.5 Å². The number of carbonyl (C=O) groups is 1. The van der Waals surface area contributed by atoms with Gasteiger partial charge in [0.05, 0.1) is 28.0 Å². The second kappa shape index (κ2) is 9.02. The number of hydrogen-bond donors (Lipinski definition) is 2. The average molecular weight is 496 g/mol. The van der Waals surface area contributed by atoms with Crippen LogP contribution in [0.1, 0.15) is 59.2 Å². The smallest absolute Gasteiger partial charge is 0.410 e. The molecule has 9 heteroatoms. The van der Waals surface area contributed by atoms with E-state index in [9.17, 15) is 15.0 Å². The Hall–Kier alpha value is -1.93. The van der Waals surface area contributed by atoms with E-state index in [-0.39, 0.29) is 35.6 Å². The van der Waals surface area contributed by atoms with E-state index < -0.39 is 23.4 Å². The zero-order valence-corrected chi connectivity index (χ0v) is 21.3. The van der Waals surface area contributed by atoms with Gasteiger partial charge in [-0.25, -0.2) is 4.79 Å². The van der Waals surface area contributed by atoms with Gasteiger partial charge in [0.25, 0.3) is 0 Å². The van der Waals surface area contributed by atoms with Gasteiger partial charge in [-0.05, 0) is 43.9 Å². The first-order chi connectivity index (χ1) is 15.1. The van der Waals surface area contributed by atoms with E-state index in [1.54, 1.807) is 45.3 Å². The van der Waals surface area contributed by atoms with E-state index in [1.165, 1.54) is 4.90 Å². The van der Waals surface area contributed by atoms with Gasteiger partial charge in [0.2, 0.25) is 0 Å². The number of halogens is 2. The molecule has 7 nitrogen and oxygen atoms in total. The monoisotopic (exact) mass is 495 g/mol. The van der Waals surface area contributed by atoms with Crippen molar-refractivity contribution in [1.82, 2.24) is 14.9 Å². The molecule has 3 rings (SSSR count). The summed E-state index contributed by atoms with van der Waals surface area (Å²) in [5, 5.41) is 23.0. The summed E-state index contributed by atoms with van der Waals surface area (Å²) < 4.78 is 5.40. The van der Waals surface area contributed by atoms with Crippen LogP contribution in [0.25, 0.3) is 11.3 Å². The molecule has 1 amide bonds. The van der Waals surface area contributed by atoms with Crippen molar-refractivity contribution in [2.45, 2.75) is 70.7 Å². The van der Waals surface area contributed by atoms with Crippen LogP contribution in [0.2, 0.25) is 10.0 Å². The van der Waals surface area contributed by atoms with Crippen LogP contribution in [0.4, 0.5) is 4.79 Å². The number of pyridine rings is 2. The number of likely N-dealkylation sites (tertiary alicyclic amines) is 1. The number of rotatable bonds is 2. The second-order valence-electron chi connectivity index (χ2n) is 10.4. The normalized spacial score (nSPS) is 21.8. The molecule has 2 atom stereocenters. The zero-order chi connectivity index (χ0) is 24.8. The second-order valence-corrected chi connectivity index (χ2v) is 11.2. The highest BCUT2D eigenvalue weighted by Crippen LogP contribution is 2.45. The van der Waals surface area contributed by atoms with Gasteiger partial charge in [-0.2, -0.15) is 0 Å². The highest BCUT2D eigenvalue weighted by molar-refractivity contribution is 6.36. The highest BCUT2D eigenvalue weighted by atomic mass is 35.5. The molecule has 0 aromatic carbocycles. The third-order valence-corrected chi connectivity index (χ3v) is 6.26. The summed E-state index contributed by atoms with van der Waals surface area (Å²) in [7, 11) is 0. The molecule has 3 heterocycles. The Labute approximate surface area is 204 Å². The van der Waals surface area contributed by atoms with Gasteiger partial charge in [-0.1, -0.05) is 44.0 Å². The molecule has 0 radical (unpaired) electrons. The molecule has 2 N–H and O–H groups in total. The minimum Gasteiger partial charge on any atom is -0.444 e. The first-order valence-corrected chi connectivity index (χ1v) is 11.6. The Bertz CT molecular complexity index is 1050. The fourth-order valence-electron chi connectivity index (χ4n) is 3.85. The summed E-state index contributed by atoms with van der Waals surface area (Å²) in [6, 6.07) is 3.44. The van der Waals surface area contributed by atoms with E-state index in [1.807, 2.05) is 20.8 Å². The molecule has 0 bridgehead atoms. The fourth-order valence-corrected chi connectivity index (χ4v) is 4.47. The molecular weight excluding hydrogens is 465 g/mol. The van der Waals surface area contributed by atoms with Gasteiger partial charge >= 0.3 is 6.09 Å². The van der Waals surface area contributed by atoms with Crippen molar-refractivity contribution in [3.05, 3.63) is 45.8 Å². The van der Waals surface area contributed by atoms with Crippen LogP contribution in [0, 0.1) is 0 Å². The van der Waals surface area contributed by atoms with Crippen LogP contribution in [-0.4, -0.2) is 56.0 Å². The maximum atomic E-state index is 12.5. The van der Waals surface area contributed by atoms with E-state index in [2.05, 4.69) is 9.97 Å². The molecule has 1 aliphatic rings. The number of piperidine rings is 1. The van der Waals surface area contributed by atoms with Gasteiger partial charge in [0.15, 0.2) is 0 Å². The Balaban J connectivity index is 2.04. The first-order valence-electron chi connectivity index (χ1n) is 10.8. The van der Waals surface area contributed by atoms with Crippen molar-refractivity contribution in [3.63, 3.8) is 0 Å². The summed E-state index contributed by atoms with van der Waals surface area (Å²) in [5.74, 6) is 0. The van der Waals surface area contributed by atoms with E-state index in [4.69, 9.17) is 27.9 Å². The van der Waals surface area contributed by atoms with Gasteiger partial charge in [-0.3, -0.25) is 9.97 Å². The molecule has 0 unspecified atom stereocenters. The largest absolute Gasteiger partial charge is 0.444 e. The predicted octanol–water partition coefficient (Wildman–Crippen LogP) is 4.94. The number of carbonyl (C=O) groups excluding carboxylic acids is 1. The molecule has 1 saturated heterocycles. The molecule has 180 valence electrons. The van der Waals surface area contributed by atoms with Crippen molar-refractivity contribution in [3.8, 4) is 11.3 Å². The highest BCUT2D eigenvalue weighted by Gasteiger charge is 2.47. The quantitative estimate of drug-likeness (QED) is 0.612. The maximum absolute atomic E-state index is 12.5. The summed E-state index contributed by atoms with van der Waals surface area (Å²) >= 11 is 13.3. The van der Waals surface area contributed by atoms with Crippen molar-refractivity contribution in [2.24, 2.45) is 0 Å².